The van der Waals surface area contributed by atoms with Gasteiger partial charge in [0.25, 0.3) is 5.56 Å². The molecule has 0 fully saturated rings. The van der Waals surface area contributed by atoms with Gasteiger partial charge in [-0.25, -0.2) is 10.1 Å². The molecule has 0 aliphatic carbocycles. The van der Waals surface area contributed by atoms with Gasteiger partial charge in [0, 0.05) is 11.4 Å². The Labute approximate surface area is 193 Å². The van der Waals surface area contributed by atoms with Crippen molar-refractivity contribution in [2.24, 2.45) is 0 Å². The molecular formula is C24H20N6O2S. The zero-order chi connectivity index (χ0) is 22.8. The number of aromatic nitrogens is 6. The van der Waals surface area contributed by atoms with Gasteiger partial charge >= 0.3 is 0 Å². The summed E-state index contributed by atoms with van der Waals surface area (Å²) in [5.41, 5.74) is 2.62. The lowest BCUT2D eigenvalue weighted by molar-refractivity contribution is 0.476. The monoisotopic (exact) mass is 456 g/mol. The third-order valence-corrected chi connectivity index (χ3v) is 6.50. The molecule has 8 nitrogen and oxygen atoms in total. The van der Waals surface area contributed by atoms with E-state index in [-0.39, 0.29) is 11.3 Å². The number of aromatic hydroxyl groups is 1. The number of hydrogen-bond acceptors (Lipinski definition) is 7. The molecule has 9 heteroatoms. The van der Waals surface area contributed by atoms with E-state index in [9.17, 15) is 9.90 Å². The summed E-state index contributed by atoms with van der Waals surface area (Å²) in [6.45, 7) is 2.24. The van der Waals surface area contributed by atoms with Crippen molar-refractivity contribution >= 4 is 11.3 Å². The first kappa shape index (κ1) is 20.8. The van der Waals surface area contributed by atoms with Gasteiger partial charge in [-0.3, -0.25) is 9.36 Å². The van der Waals surface area contributed by atoms with E-state index >= 15 is 0 Å². The van der Waals surface area contributed by atoms with Crippen LogP contribution in [0, 0.1) is 6.92 Å². The van der Waals surface area contributed by atoms with Crippen molar-refractivity contribution in [3.05, 3.63) is 88.3 Å². The number of nitrogens with one attached hydrogen (secondary N) is 1. The molecule has 33 heavy (non-hydrogen) atoms. The van der Waals surface area contributed by atoms with Crippen LogP contribution in [0.25, 0.3) is 32.5 Å². The minimum Gasteiger partial charge on any atom is -0.507 e. The van der Waals surface area contributed by atoms with Crippen molar-refractivity contribution in [2.45, 2.75) is 19.9 Å². The lowest BCUT2D eigenvalue weighted by atomic mass is 10.1. The molecular weight excluding hydrogens is 436 g/mol. The molecule has 3 aromatic heterocycles. The lowest BCUT2D eigenvalue weighted by Crippen LogP contribution is -2.26. The van der Waals surface area contributed by atoms with Crippen LogP contribution in [0.5, 0.6) is 5.75 Å². The second-order valence-electron chi connectivity index (χ2n) is 7.52. The first-order valence-electron chi connectivity index (χ1n) is 10.4. The highest BCUT2D eigenvalue weighted by Gasteiger charge is 2.20. The smallest absolute Gasteiger partial charge is 0.262 e. The van der Waals surface area contributed by atoms with Gasteiger partial charge in [0.15, 0.2) is 5.82 Å². The van der Waals surface area contributed by atoms with Crippen LogP contribution in [-0.2, 0) is 13.0 Å². The number of nitrogens with zero attached hydrogens (tertiary/aromatic N) is 5. The third kappa shape index (κ3) is 4.06. The molecule has 5 rings (SSSR count). The van der Waals surface area contributed by atoms with Gasteiger partial charge < -0.3 is 5.11 Å². The van der Waals surface area contributed by atoms with Crippen LogP contribution < -0.4 is 5.56 Å². The molecule has 2 aromatic carbocycles. The van der Waals surface area contributed by atoms with Crippen LogP contribution in [0.3, 0.4) is 0 Å². The average Bonchev–Trinajstić information content (AvgIpc) is 3.52. The first-order valence-corrected chi connectivity index (χ1v) is 11.2. The van der Waals surface area contributed by atoms with E-state index in [1.807, 2.05) is 55.5 Å². The summed E-state index contributed by atoms with van der Waals surface area (Å²) in [6, 6.07) is 20.7. The highest BCUT2D eigenvalue weighted by molar-refractivity contribution is 7.18. The normalized spacial score (nSPS) is 11.1. The van der Waals surface area contributed by atoms with Crippen molar-refractivity contribution in [3.8, 4) is 38.3 Å². The highest BCUT2D eigenvalue weighted by atomic mass is 32.1. The quantitative estimate of drug-likeness (QED) is 0.399. The van der Waals surface area contributed by atoms with Gasteiger partial charge in [-0.1, -0.05) is 42.5 Å². The Morgan fingerprint density at radius 3 is 2.52 bits per heavy atom. The van der Waals surface area contributed by atoms with Crippen molar-refractivity contribution in [1.29, 1.82) is 0 Å². The summed E-state index contributed by atoms with van der Waals surface area (Å²) in [7, 11) is 0. The van der Waals surface area contributed by atoms with Crippen molar-refractivity contribution < 1.29 is 5.11 Å². The predicted molar refractivity (Wildman–Crippen MR) is 127 cm³/mol. The summed E-state index contributed by atoms with van der Waals surface area (Å²) < 4.78 is 1.65. The fraction of sp³-hybridized carbons (Fsp3) is 0.125. The number of thiophene rings is 1. The molecule has 5 aromatic rings. The Balaban J connectivity index is 1.64. The van der Waals surface area contributed by atoms with E-state index < -0.39 is 0 Å². The van der Waals surface area contributed by atoms with Crippen molar-refractivity contribution in [1.82, 2.24) is 30.2 Å². The topological polar surface area (TPSA) is 110 Å². The number of hydrogen-bond donors (Lipinski definition) is 2. The van der Waals surface area contributed by atoms with E-state index in [1.165, 1.54) is 11.3 Å². The molecule has 0 atom stereocenters. The molecule has 0 bridgehead atoms. The van der Waals surface area contributed by atoms with Crippen molar-refractivity contribution in [2.75, 3.05) is 0 Å². The number of tetrazole rings is 1. The summed E-state index contributed by atoms with van der Waals surface area (Å²) >= 11 is 1.42. The molecule has 0 saturated carbocycles. The third-order valence-electron chi connectivity index (χ3n) is 5.39. The summed E-state index contributed by atoms with van der Waals surface area (Å²) in [4.78, 5) is 20.2. The molecule has 0 spiro atoms. The van der Waals surface area contributed by atoms with Crippen LogP contribution in [0.1, 0.15) is 11.3 Å². The molecule has 164 valence electrons. The van der Waals surface area contributed by atoms with Gasteiger partial charge in [-0.05, 0) is 53.6 Å². The first-order chi connectivity index (χ1) is 16.1. The van der Waals surface area contributed by atoms with Crippen LogP contribution >= 0.6 is 11.3 Å². The largest absolute Gasteiger partial charge is 0.507 e. The Morgan fingerprint density at radius 2 is 1.76 bits per heavy atom. The lowest BCUT2D eigenvalue weighted by Gasteiger charge is -2.16. The Bertz CT molecular complexity index is 1460. The molecule has 3 heterocycles. The van der Waals surface area contributed by atoms with Crippen molar-refractivity contribution in [3.63, 3.8) is 0 Å². The number of phenolic OH excluding ortho intramolecular Hbond substituents is 1. The number of aryl methyl sites for hydroxylation is 2. The van der Waals surface area contributed by atoms with Gasteiger partial charge in [-0.2, -0.15) is 0 Å². The summed E-state index contributed by atoms with van der Waals surface area (Å²) in [6.07, 6.45) is 0.658. The molecule has 0 saturated heterocycles. The van der Waals surface area contributed by atoms with Gasteiger partial charge in [0.1, 0.15) is 11.6 Å². The molecule has 0 aliphatic rings. The van der Waals surface area contributed by atoms with Crippen LogP contribution in [0.4, 0.5) is 0 Å². The Morgan fingerprint density at radius 1 is 1.00 bits per heavy atom. The highest BCUT2D eigenvalue weighted by Crippen LogP contribution is 2.34. The summed E-state index contributed by atoms with van der Waals surface area (Å²) in [5, 5.41) is 24.4. The Kier molecular flexibility index (Phi) is 5.54. The second kappa shape index (κ2) is 8.79. The Hall–Kier alpha value is -4.11. The van der Waals surface area contributed by atoms with E-state index in [1.54, 1.807) is 22.8 Å². The van der Waals surface area contributed by atoms with E-state index in [0.717, 1.165) is 15.3 Å². The number of phenols is 1. The maximum Gasteiger partial charge on any atom is 0.262 e. The van der Waals surface area contributed by atoms with Crippen LogP contribution in [0.15, 0.2) is 71.5 Å². The fourth-order valence-corrected chi connectivity index (χ4v) is 4.80. The number of aromatic amines is 1. The fourth-order valence-electron chi connectivity index (χ4n) is 3.77. The minimum atomic E-state index is -0.152. The van der Waals surface area contributed by atoms with Gasteiger partial charge in [-0.15, -0.1) is 16.4 Å². The zero-order valence-corrected chi connectivity index (χ0v) is 18.6. The number of H-pyrrole nitrogens is 1. The molecule has 0 aliphatic heterocycles. The zero-order valence-electron chi connectivity index (χ0n) is 17.8. The predicted octanol–water partition coefficient (Wildman–Crippen LogP) is 4.08. The molecule has 0 amide bonds. The standard InChI is InChI=1S/C24H20N6O2S/c1-15-21(19-11-12-20(33-19)22-26-28-29-27-22)24(32)30(14-13-16-7-3-2-4-8-16)23(25-15)17-9-5-6-10-18(17)31/h2-12,31H,13-14H2,1H3,(H,26,27,28,29). The number of para-hydroxylation sites is 1. The van der Waals surface area contributed by atoms with E-state index in [2.05, 4.69) is 20.6 Å². The minimum absolute atomic E-state index is 0.0845. The average molecular weight is 457 g/mol. The van der Waals surface area contributed by atoms with Crippen LogP contribution in [0.2, 0.25) is 0 Å². The van der Waals surface area contributed by atoms with Crippen LogP contribution in [-0.4, -0.2) is 35.3 Å². The molecule has 0 unspecified atom stereocenters. The van der Waals surface area contributed by atoms with E-state index in [0.29, 0.717) is 41.4 Å². The second-order valence-corrected chi connectivity index (χ2v) is 8.60. The summed E-state index contributed by atoms with van der Waals surface area (Å²) in [5.74, 6) is 1.08. The SMILES string of the molecule is Cc1nc(-c2ccccc2O)n(CCc2ccccc2)c(=O)c1-c1ccc(-c2nnn[nH]2)s1. The van der Waals surface area contributed by atoms with Gasteiger partial charge in [0.2, 0.25) is 0 Å². The number of rotatable bonds is 6. The maximum atomic E-state index is 13.8. The maximum absolute atomic E-state index is 13.8. The van der Waals surface area contributed by atoms with E-state index in [4.69, 9.17) is 4.98 Å². The molecule has 2 N–H and O–H groups in total. The molecule has 0 radical (unpaired) electrons. The van der Waals surface area contributed by atoms with Gasteiger partial charge in [0.05, 0.1) is 21.7 Å². The number of benzene rings is 2.